The number of phenolic OH excluding ortho intramolecular Hbond substituents is 1. The fraction of sp³-hybridized carbons (Fsp3) is 0.130. The molecule has 0 saturated carbocycles. The van der Waals surface area contributed by atoms with Crippen LogP contribution in [-0.4, -0.2) is 18.3 Å². The number of fused-ring (bicyclic) bond motifs is 2. The van der Waals surface area contributed by atoms with Crippen LogP contribution >= 0.6 is 43.5 Å². The van der Waals surface area contributed by atoms with E-state index in [2.05, 4.69) is 79.9 Å². The zero-order chi connectivity index (χ0) is 20.5. The topological polar surface area (TPSA) is 29.5 Å². The minimum atomic E-state index is 0.292. The Morgan fingerprint density at radius 1 is 0.821 bits per heavy atom. The van der Waals surface area contributed by atoms with Crippen LogP contribution in [0.25, 0.3) is 21.5 Å². The van der Waals surface area contributed by atoms with Crippen molar-refractivity contribution in [3.63, 3.8) is 0 Å². The Hall–Kier alpha value is -1.59. The van der Waals surface area contributed by atoms with Crippen molar-refractivity contribution < 1.29 is 9.84 Å². The Bertz CT molecular complexity index is 966. The van der Waals surface area contributed by atoms with Crippen molar-refractivity contribution in [2.24, 2.45) is 0 Å². The van der Waals surface area contributed by atoms with Crippen LogP contribution in [0.3, 0.4) is 0 Å². The molecule has 4 aromatic rings. The first-order valence-electron chi connectivity index (χ1n) is 8.53. The van der Waals surface area contributed by atoms with Crippen LogP contribution in [0.1, 0.15) is 5.56 Å². The molecule has 0 amide bonds. The monoisotopic (exact) mass is 522 g/mol. The second kappa shape index (κ2) is 11.4. The van der Waals surface area contributed by atoms with E-state index >= 15 is 0 Å². The number of hydrogen-bond acceptors (Lipinski definition) is 2. The maximum Gasteiger partial charge on any atom is 0.120 e. The lowest BCUT2D eigenvalue weighted by Crippen LogP contribution is -1.76. The van der Waals surface area contributed by atoms with Crippen LogP contribution in [0.4, 0.5) is 0 Å². The fourth-order valence-corrected chi connectivity index (χ4v) is 3.97. The SMILES string of the molecule is COCCl.Cc1cc(Br)c2ccccc2c1.Oc1cc(Br)c2ccccc2c1. The normalized spacial score (nSPS) is 10.0. The highest BCUT2D eigenvalue weighted by molar-refractivity contribution is 9.11. The smallest absolute Gasteiger partial charge is 0.120 e. The zero-order valence-electron chi connectivity index (χ0n) is 15.6. The van der Waals surface area contributed by atoms with Crippen LogP contribution < -0.4 is 0 Å². The first kappa shape index (κ1) is 22.7. The Kier molecular flexibility index (Phi) is 9.26. The number of aromatic hydroxyl groups is 1. The maximum atomic E-state index is 9.28. The number of phenols is 1. The van der Waals surface area contributed by atoms with Gasteiger partial charge in [-0.05, 0) is 52.2 Å². The van der Waals surface area contributed by atoms with Crippen molar-refractivity contribution in [3.05, 3.63) is 87.3 Å². The van der Waals surface area contributed by atoms with Gasteiger partial charge in [0.1, 0.15) is 11.8 Å². The Morgan fingerprint density at radius 2 is 1.29 bits per heavy atom. The summed E-state index contributed by atoms with van der Waals surface area (Å²) >= 11 is 11.9. The molecule has 0 radical (unpaired) electrons. The molecule has 0 aliphatic rings. The van der Waals surface area contributed by atoms with Crippen LogP contribution in [0.15, 0.2) is 81.7 Å². The summed E-state index contributed by atoms with van der Waals surface area (Å²) in [7, 11) is 1.55. The van der Waals surface area contributed by atoms with Crippen molar-refractivity contribution in [3.8, 4) is 5.75 Å². The molecule has 4 rings (SSSR count). The van der Waals surface area contributed by atoms with Gasteiger partial charge in [0.05, 0.1) is 0 Å². The number of alkyl halides is 1. The van der Waals surface area contributed by atoms with E-state index in [1.54, 1.807) is 19.2 Å². The average molecular weight is 525 g/mol. The van der Waals surface area contributed by atoms with Gasteiger partial charge in [-0.3, -0.25) is 0 Å². The lowest BCUT2D eigenvalue weighted by atomic mass is 10.1. The highest BCUT2D eigenvalue weighted by Gasteiger charge is 1.99. The fourth-order valence-electron chi connectivity index (χ4n) is 2.65. The van der Waals surface area contributed by atoms with E-state index in [-0.39, 0.29) is 0 Å². The standard InChI is InChI=1S/C11H9Br.C10H7BrO.C2H5ClO/c1-8-6-9-4-2-3-5-10(9)11(12)7-8;11-10-6-8(12)5-7-3-1-2-4-9(7)10;1-4-2-3/h2-7H,1H3;1-6,12H;2H2,1H3. The molecule has 0 aromatic heterocycles. The number of halogens is 3. The van der Waals surface area contributed by atoms with Crippen molar-refractivity contribution >= 4 is 65.0 Å². The van der Waals surface area contributed by atoms with Gasteiger partial charge in [0.25, 0.3) is 0 Å². The van der Waals surface area contributed by atoms with E-state index in [1.807, 2.05) is 24.3 Å². The van der Waals surface area contributed by atoms with Crippen LogP contribution in [-0.2, 0) is 4.74 Å². The Morgan fingerprint density at radius 3 is 1.82 bits per heavy atom. The third-order valence-corrected chi connectivity index (χ3v) is 5.39. The summed E-state index contributed by atoms with van der Waals surface area (Å²) < 4.78 is 6.41. The summed E-state index contributed by atoms with van der Waals surface area (Å²) in [6.07, 6.45) is 0. The molecule has 0 aliphatic heterocycles. The molecule has 0 bridgehead atoms. The summed E-state index contributed by atoms with van der Waals surface area (Å²) in [5.41, 5.74) is 1.29. The molecule has 5 heteroatoms. The summed E-state index contributed by atoms with van der Waals surface area (Å²) in [6, 6.07) is 24.4. The second-order valence-electron chi connectivity index (χ2n) is 6.01. The lowest BCUT2D eigenvalue weighted by molar-refractivity contribution is 0.254. The van der Waals surface area contributed by atoms with Crippen LogP contribution in [0.2, 0.25) is 0 Å². The molecule has 0 unspecified atom stereocenters. The molecular weight excluding hydrogens is 504 g/mol. The minimum absolute atomic E-state index is 0.292. The van der Waals surface area contributed by atoms with Crippen molar-refractivity contribution in [2.75, 3.05) is 13.2 Å². The molecule has 4 aromatic carbocycles. The molecule has 28 heavy (non-hydrogen) atoms. The van der Waals surface area contributed by atoms with Crippen LogP contribution in [0, 0.1) is 6.92 Å². The van der Waals surface area contributed by atoms with E-state index in [9.17, 15) is 5.11 Å². The quantitative estimate of drug-likeness (QED) is 0.255. The predicted octanol–water partition coefficient (Wildman–Crippen LogP) is 8.05. The molecular formula is C23H21Br2ClO2. The van der Waals surface area contributed by atoms with Gasteiger partial charge in [0, 0.05) is 16.1 Å². The highest BCUT2D eigenvalue weighted by atomic mass is 79.9. The van der Waals surface area contributed by atoms with Gasteiger partial charge in [0.2, 0.25) is 0 Å². The largest absolute Gasteiger partial charge is 0.508 e. The van der Waals surface area contributed by atoms with Crippen molar-refractivity contribution in [1.82, 2.24) is 0 Å². The van der Waals surface area contributed by atoms with Crippen LogP contribution in [0.5, 0.6) is 5.75 Å². The lowest BCUT2D eigenvalue weighted by Gasteiger charge is -2.01. The van der Waals surface area contributed by atoms with Gasteiger partial charge in [-0.2, -0.15) is 0 Å². The van der Waals surface area contributed by atoms with Gasteiger partial charge in [-0.25, -0.2) is 0 Å². The number of ether oxygens (including phenoxy) is 1. The van der Waals surface area contributed by atoms with E-state index < -0.39 is 0 Å². The van der Waals surface area contributed by atoms with Crippen molar-refractivity contribution in [2.45, 2.75) is 6.92 Å². The molecule has 2 nitrogen and oxygen atoms in total. The zero-order valence-corrected chi connectivity index (χ0v) is 19.6. The number of rotatable bonds is 1. The Labute approximate surface area is 187 Å². The number of benzene rings is 4. The van der Waals surface area contributed by atoms with Gasteiger partial charge in [0.15, 0.2) is 0 Å². The maximum absolute atomic E-state index is 9.28. The van der Waals surface area contributed by atoms with E-state index in [0.717, 1.165) is 15.2 Å². The number of methoxy groups -OCH3 is 1. The first-order chi connectivity index (χ1) is 13.5. The van der Waals surface area contributed by atoms with Crippen molar-refractivity contribution in [1.29, 1.82) is 0 Å². The molecule has 146 valence electrons. The summed E-state index contributed by atoms with van der Waals surface area (Å²) in [5, 5.41) is 14.0. The highest BCUT2D eigenvalue weighted by Crippen LogP contribution is 2.28. The molecule has 0 aliphatic carbocycles. The van der Waals surface area contributed by atoms with Gasteiger partial charge < -0.3 is 9.84 Å². The second-order valence-corrected chi connectivity index (χ2v) is 7.94. The third-order valence-electron chi connectivity index (χ3n) is 3.86. The number of hydrogen-bond donors (Lipinski definition) is 1. The average Bonchev–Trinajstić information content (AvgIpc) is 2.68. The van der Waals surface area contributed by atoms with Gasteiger partial charge in [-0.15, -0.1) is 0 Å². The molecule has 0 heterocycles. The Balaban J connectivity index is 0.000000169. The van der Waals surface area contributed by atoms with Gasteiger partial charge >= 0.3 is 0 Å². The van der Waals surface area contributed by atoms with E-state index in [1.165, 1.54) is 20.8 Å². The molecule has 0 saturated heterocycles. The summed E-state index contributed by atoms with van der Waals surface area (Å²) in [6.45, 7) is 2.11. The molecule has 0 spiro atoms. The summed E-state index contributed by atoms with van der Waals surface area (Å²) in [4.78, 5) is 0. The predicted molar refractivity (Wildman–Crippen MR) is 127 cm³/mol. The number of aryl methyl sites for hydroxylation is 1. The summed E-state index contributed by atoms with van der Waals surface area (Å²) in [5.74, 6) is 0.292. The van der Waals surface area contributed by atoms with E-state index in [0.29, 0.717) is 11.8 Å². The minimum Gasteiger partial charge on any atom is -0.508 e. The molecule has 0 atom stereocenters. The molecule has 1 N–H and O–H groups in total. The third kappa shape index (κ3) is 6.49. The first-order valence-corrected chi connectivity index (χ1v) is 10.7. The van der Waals surface area contributed by atoms with Gasteiger partial charge in [-0.1, -0.05) is 98.1 Å². The molecule has 0 fully saturated rings. The van der Waals surface area contributed by atoms with E-state index in [4.69, 9.17) is 11.6 Å².